The molecule has 0 bridgehead atoms. The molecule has 1 unspecified atom stereocenters. The lowest BCUT2D eigenvalue weighted by molar-refractivity contribution is 0.212. The first kappa shape index (κ1) is 10.6. The van der Waals surface area contributed by atoms with Gasteiger partial charge in [-0.15, -0.1) is 12.3 Å². The van der Waals surface area contributed by atoms with Crippen LogP contribution in [0.15, 0.2) is 0 Å². The molecule has 0 N–H and O–H groups in total. The zero-order chi connectivity index (χ0) is 9.52. The van der Waals surface area contributed by atoms with Gasteiger partial charge in [-0.1, -0.05) is 12.8 Å². The van der Waals surface area contributed by atoms with E-state index in [-0.39, 0.29) is 0 Å². The molecule has 0 radical (unpaired) electrons. The highest BCUT2D eigenvalue weighted by Gasteiger charge is 2.15. The fourth-order valence-corrected chi connectivity index (χ4v) is 2.05. The molecule has 1 aliphatic heterocycles. The van der Waals surface area contributed by atoms with E-state index in [1.807, 2.05) is 0 Å². The summed E-state index contributed by atoms with van der Waals surface area (Å²) in [6, 6.07) is 0.778. The summed E-state index contributed by atoms with van der Waals surface area (Å²) in [4.78, 5) is 2.60. The van der Waals surface area contributed by atoms with Gasteiger partial charge in [0, 0.05) is 12.5 Å². The largest absolute Gasteiger partial charge is 0.301 e. The minimum Gasteiger partial charge on any atom is -0.301 e. The van der Waals surface area contributed by atoms with Gasteiger partial charge in [0.1, 0.15) is 0 Å². The van der Waals surface area contributed by atoms with Crippen molar-refractivity contribution in [2.75, 3.05) is 13.1 Å². The zero-order valence-corrected chi connectivity index (χ0v) is 8.76. The Morgan fingerprint density at radius 3 is 3.00 bits per heavy atom. The fraction of sp³-hybridized carbons (Fsp3) is 0.833. The van der Waals surface area contributed by atoms with E-state index < -0.39 is 0 Å². The van der Waals surface area contributed by atoms with Gasteiger partial charge in [0.05, 0.1) is 0 Å². The van der Waals surface area contributed by atoms with Crippen LogP contribution < -0.4 is 0 Å². The van der Waals surface area contributed by atoms with Crippen molar-refractivity contribution in [2.45, 2.75) is 51.5 Å². The predicted octanol–water partition coefficient (Wildman–Crippen LogP) is 2.66. The molecule has 0 amide bonds. The van der Waals surface area contributed by atoms with Crippen molar-refractivity contribution in [3.05, 3.63) is 0 Å². The Bertz CT molecular complexity index is 168. The Balaban J connectivity index is 2.24. The SMILES string of the molecule is C#CCCCN1CCCCCC1C. The second-order valence-electron chi connectivity index (χ2n) is 4.04. The number of rotatable bonds is 3. The van der Waals surface area contributed by atoms with Gasteiger partial charge in [0.15, 0.2) is 0 Å². The van der Waals surface area contributed by atoms with Crippen LogP contribution in [0, 0.1) is 12.3 Å². The minimum absolute atomic E-state index is 0.778. The normalized spacial score (nSPS) is 25.1. The molecule has 13 heavy (non-hydrogen) atoms. The van der Waals surface area contributed by atoms with Crippen molar-refractivity contribution in [2.24, 2.45) is 0 Å². The summed E-state index contributed by atoms with van der Waals surface area (Å²) in [7, 11) is 0. The van der Waals surface area contributed by atoms with Crippen LogP contribution >= 0.6 is 0 Å². The number of terminal acetylenes is 1. The molecular formula is C12H21N. The third-order valence-corrected chi connectivity index (χ3v) is 2.96. The van der Waals surface area contributed by atoms with Gasteiger partial charge in [0.25, 0.3) is 0 Å². The highest BCUT2D eigenvalue weighted by molar-refractivity contribution is 4.84. The van der Waals surface area contributed by atoms with Crippen molar-refractivity contribution >= 4 is 0 Å². The Morgan fingerprint density at radius 1 is 1.38 bits per heavy atom. The Kier molecular flexibility index (Phi) is 4.93. The van der Waals surface area contributed by atoms with E-state index in [4.69, 9.17) is 6.42 Å². The van der Waals surface area contributed by atoms with Crippen molar-refractivity contribution in [1.29, 1.82) is 0 Å². The summed E-state index contributed by atoms with van der Waals surface area (Å²) in [6.45, 7) is 4.83. The van der Waals surface area contributed by atoms with Crippen LogP contribution in [-0.4, -0.2) is 24.0 Å². The Hall–Kier alpha value is -0.480. The second kappa shape index (κ2) is 6.05. The molecule has 1 rings (SSSR count). The van der Waals surface area contributed by atoms with Crippen molar-refractivity contribution in [3.8, 4) is 12.3 Å². The summed E-state index contributed by atoms with van der Waals surface area (Å²) in [6.07, 6.45) is 12.9. The monoisotopic (exact) mass is 179 g/mol. The minimum atomic E-state index is 0.778. The van der Waals surface area contributed by atoms with Crippen LogP contribution in [0.5, 0.6) is 0 Å². The van der Waals surface area contributed by atoms with Gasteiger partial charge in [-0.05, 0) is 39.3 Å². The third kappa shape index (κ3) is 3.83. The van der Waals surface area contributed by atoms with E-state index in [0.717, 1.165) is 12.5 Å². The van der Waals surface area contributed by atoms with Crippen LogP contribution in [0.4, 0.5) is 0 Å². The average Bonchev–Trinajstić information content (AvgIpc) is 2.32. The highest BCUT2D eigenvalue weighted by Crippen LogP contribution is 2.16. The van der Waals surface area contributed by atoms with Gasteiger partial charge < -0.3 is 4.90 Å². The molecule has 0 aromatic heterocycles. The summed E-state index contributed by atoms with van der Waals surface area (Å²) < 4.78 is 0. The molecule has 1 heteroatoms. The van der Waals surface area contributed by atoms with Crippen LogP contribution in [0.1, 0.15) is 45.4 Å². The molecule has 0 aromatic carbocycles. The van der Waals surface area contributed by atoms with E-state index in [2.05, 4.69) is 17.7 Å². The predicted molar refractivity (Wildman–Crippen MR) is 57.6 cm³/mol. The van der Waals surface area contributed by atoms with Gasteiger partial charge in [-0.2, -0.15) is 0 Å². The van der Waals surface area contributed by atoms with Gasteiger partial charge >= 0.3 is 0 Å². The molecule has 1 aliphatic rings. The molecule has 0 saturated carbocycles. The van der Waals surface area contributed by atoms with E-state index in [9.17, 15) is 0 Å². The maximum Gasteiger partial charge on any atom is 0.00982 e. The number of likely N-dealkylation sites (tertiary alicyclic amines) is 1. The fourth-order valence-electron chi connectivity index (χ4n) is 2.05. The van der Waals surface area contributed by atoms with Gasteiger partial charge in [0.2, 0.25) is 0 Å². The Morgan fingerprint density at radius 2 is 2.23 bits per heavy atom. The van der Waals surface area contributed by atoms with Crippen LogP contribution in [0.2, 0.25) is 0 Å². The van der Waals surface area contributed by atoms with E-state index in [1.54, 1.807) is 0 Å². The summed E-state index contributed by atoms with van der Waals surface area (Å²) >= 11 is 0. The molecular weight excluding hydrogens is 158 g/mol. The van der Waals surface area contributed by atoms with Gasteiger partial charge in [-0.3, -0.25) is 0 Å². The molecule has 74 valence electrons. The number of hydrogen-bond donors (Lipinski definition) is 0. The number of unbranched alkanes of at least 4 members (excludes halogenated alkanes) is 1. The summed E-state index contributed by atoms with van der Waals surface area (Å²) in [5, 5.41) is 0. The molecule has 1 saturated heterocycles. The lowest BCUT2D eigenvalue weighted by atomic mass is 10.1. The quantitative estimate of drug-likeness (QED) is 0.475. The van der Waals surface area contributed by atoms with Crippen LogP contribution in [-0.2, 0) is 0 Å². The van der Waals surface area contributed by atoms with Crippen molar-refractivity contribution in [1.82, 2.24) is 4.90 Å². The molecule has 1 nitrogen and oxygen atoms in total. The topological polar surface area (TPSA) is 3.24 Å². The van der Waals surface area contributed by atoms with E-state index in [1.165, 1.54) is 45.2 Å². The molecule has 1 fully saturated rings. The maximum atomic E-state index is 5.24. The number of nitrogens with zero attached hydrogens (tertiary/aromatic N) is 1. The maximum absolute atomic E-state index is 5.24. The van der Waals surface area contributed by atoms with Crippen molar-refractivity contribution < 1.29 is 0 Å². The molecule has 0 spiro atoms. The smallest absolute Gasteiger partial charge is 0.00982 e. The molecule has 1 heterocycles. The standard InChI is InChI=1S/C12H21N/c1-3-4-7-10-13-11-8-5-6-9-12(13)2/h1,12H,4-11H2,2H3. The number of hydrogen-bond acceptors (Lipinski definition) is 1. The first-order chi connectivity index (χ1) is 6.34. The molecule has 0 aromatic rings. The van der Waals surface area contributed by atoms with Gasteiger partial charge in [-0.25, -0.2) is 0 Å². The lowest BCUT2D eigenvalue weighted by Crippen LogP contribution is -2.33. The zero-order valence-electron chi connectivity index (χ0n) is 8.76. The summed E-state index contributed by atoms with van der Waals surface area (Å²) in [5.74, 6) is 2.71. The molecule has 0 aliphatic carbocycles. The lowest BCUT2D eigenvalue weighted by Gasteiger charge is -2.26. The van der Waals surface area contributed by atoms with Crippen molar-refractivity contribution in [3.63, 3.8) is 0 Å². The third-order valence-electron chi connectivity index (χ3n) is 2.96. The summed E-state index contributed by atoms with van der Waals surface area (Å²) in [5.41, 5.74) is 0. The first-order valence-electron chi connectivity index (χ1n) is 5.52. The first-order valence-corrected chi connectivity index (χ1v) is 5.52. The molecule has 1 atom stereocenters. The highest BCUT2D eigenvalue weighted by atomic mass is 15.1. The van der Waals surface area contributed by atoms with Crippen LogP contribution in [0.3, 0.4) is 0 Å². The van der Waals surface area contributed by atoms with Crippen LogP contribution in [0.25, 0.3) is 0 Å². The van der Waals surface area contributed by atoms with E-state index in [0.29, 0.717) is 0 Å². The average molecular weight is 179 g/mol. The second-order valence-corrected chi connectivity index (χ2v) is 4.04. The van der Waals surface area contributed by atoms with E-state index >= 15 is 0 Å². The Labute approximate surface area is 82.5 Å².